The Morgan fingerprint density at radius 2 is 1.81 bits per heavy atom. The van der Waals surface area contributed by atoms with Crippen LogP contribution in [0.1, 0.15) is 24.0 Å². The van der Waals surface area contributed by atoms with E-state index >= 15 is 0 Å². The molecule has 0 unspecified atom stereocenters. The van der Waals surface area contributed by atoms with Gasteiger partial charge in [0.1, 0.15) is 6.04 Å². The van der Waals surface area contributed by atoms with Gasteiger partial charge in [0.15, 0.2) is 0 Å². The molecule has 2 aromatic carbocycles. The fourth-order valence-electron chi connectivity index (χ4n) is 2.98. The highest BCUT2D eigenvalue weighted by atomic mass is 35.5. The zero-order valence-electron chi connectivity index (χ0n) is 14.1. The van der Waals surface area contributed by atoms with Crippen molar-refractivity contribution in [2.75, 3.05) is 5.32 Å². The van der Waals surface area contributed by atoms with Gasteiger partial charge in [0.05, 0.1) is 5.56 Å². The summed E-state index contributed by atoms with van der Waals surface area (Å²) in [5.41, 5.74) is 0.170. The van der Waals surface area contributed by atoms with Crippen molar-refractivity contribution in [2.24, 2.45) is 0 Å². The topological polar surface area (TPSA) is 49.4 Å². The van der Waals surface area contributed by atoms with Crippen molar-refractivity contribution in [1.82, 2.24) is 4.90 Å². The average molecular weight is 397 g/mol. The summed E-state index contributed by atoms with van der Waals surface area (Å²) in [5, 5.41) is 3.08. The number of carbonyl (C=O) groups is 2. The fraction of sp³-hybridized carbons (Fsp3) is 0.263. The van der Waals surface area contributed by atoms with Crippen LogP contribution in [-0.4, -0.2) is 22.8 Å². The SMILES string of the molecule is O=C(Nc1ccc(C(F)(F)F)cc1)[C@H]1CCC(=O)N1Cc1ccccc1Cl. The first-order valence-electron chi connectivity index (χ1n) is 8.26. The maximum Gasteiger partial charge on any atom is 0.416 e. The van der Waals surface area contributed by atoms with Crippen LogP contribution in [0.3, 0.4) is 0 Å². The molecule has 1 saturated heterocycles. The molecule has 0 radical (unpaired) electrons. The number of carbonyl (C=O) groups excluding carboxylic acids is 2. The van der Waals surface area contributed by atoms with E-state index in [4.69, 9.17) is 11.6 Å². The van der Waals surface area contributed by atoms with E-state index < -0.39 is 23.7 Å². The van der Waals surface area contributed by atoms with Gasteiger partial charge in [0.25, 0.3) is 0 Å². The number of hydrogen-bond donors (Lipinski definition) is 1. The van der Waals surface area contributed by atoms with Crippen molar-refractivity contribution in [3.05, 3.63) is 64.7 Å². The lowest BCUT2D eigenvalue weighted by atomic mass is 10.1. The molecule has 2 amide bonds. The van der Waals surface area contributed by atoms with Crippen LogP contribution in [0, 0.1) is 0 Å². The van der Waals surface area contributed by atoms with Gasteiger partial charge in [-0.1, -0.05) is 29.8 Å². The van der Waals surface area contributed by atoms with Gasteiger partial charge in [-0.3, -0.25) is 9.59 Å². The Balaban J connectivity index is 1.71. The number of nitrogens with one attached hydrogen (secondary N) is 1. The molecule has 0 saturated carbocycles. The number of rotatable bonds is 4. The number of amides is 2. The predicted molar refractivity (Wildman–Crippen MR) is 95.1 cm³/mol. The molecule has 1 N–H and O–H groups in total. The first-order valence-corrected chi connectivity index (χ1v) is 8.64. The van der Waals surface area contributed by atoms with E-state index in [1.54, 1.807) is 24.3 Å². The Morgan fingerprint density at radius 1 is 1.15 bits per heavy atom. The molecule has 0 bridgehead atoms. The lowest BCUT2D eigenvalue weighted by molar-refractivity contribution is -0.137. The molecular formula is C19H16ClF3N2O2. The van der Waals surface area contributed by atoms with Gasteiger partial charge in [-0.25, -0.2) is 0 Å². The first-order chi connectivity index (χ1) is 12.8. The summed E-state index contributed by atoms with van der Waals surface area (Å²) < 4.78 is 37.9. The summed E-state index contributed by atoms with van der Waals surface area (Å²) in [5.74, 6) is -0.602. The summed E-state index contributed by atoms with van der Waals surface area (Å²) in [6, 6.07) is 10.5. The number of benzene rings is 2. The Hall–Kier alpha value is -2.54. The molecular weight excluding hydrogens is 381 g/mol. The van der Waals surface area contributed by atoms with Crippen LogP contribution in [-0.2, 0) is 22.3 Å². The molecule has 1 fully saturated rings. The van der Waals surface area contributed by atoms with Crippen molar-refractivity contribution < 1.29 is 22.8 Å². The van der Waals surface area contributed by atoms with Gasteiger partial charge >= 0.3 is 6.18 Å². The van der Waals surface area contributed by atoms with E-state index in [-0.39, 0.29) is 24.6 Å². The van der Waals surface area contributed by atoms with E-state index in [1.807, 2.05) is 0 Å². The van der Waals surface area contributed by atoms with Crippen molar-refractivity contribution >= 4 is 29.1 Å². The third kappa shape index (κ3) is 4.42. The molecule has 0 spiro atoms. The Labute approximate surface area is 158 Å². The van der Waals surface area contributed by atoms with Crippen LogP contribution in [0.15, 0.2) is 48.5 Å². The molecule has 27 heavy (non-hydrogen) atoms. The summed E-state index contributed by atoms with van der Waals surface area (Å²) in [6.07, 6.45) is -3.86. The summed E-state index contributed by atoms with van der Waals surface area (Å²) >= 11 is 6.13. The van der Waals surface area contributed by atoms with Gasteiger partial charge in [-0.2, -0.15) is 13.2 Å². The second kappa shape index (κ2) is 7.60. The molecule has 1 aliphatic heterocycles. The Morgan fingerprint density at radius 3 is 2.44 bits per heavy atom. The summed E-state index contributed by atoms with van der Waals surface area (Å²) in [7, 11) is 0. The molecule has 0 aromatic heterocycles. The predicted octanol–water partition coefficient (Wildman–Crippen LogP) is 4.49. The van der Waals surface area contributed by atoms with Gasteiger partial charge in [0, 0.05) is 23.7 Å². The number of nitrogens with zero attached hydrogens (tertiary/aromatic N) is 1. The lowest BCUT2D eigenvalue weighted by Gasteiger charge is -2.24. The minimum absolute atomic E-state index is 0.164. The van der Waals surface area contributed by atoms with Gasteiger partial charge in [-0.05, 0) is 42.3 Å². The van der Waals surface area contributed by atoms with E-state index in [0.29, 0.717) is 11.4 Å². The number of alkyl halides is 3. The van der Waals surface area contributed by atoms with E-state index in [2.05, 4.69) is 5.32 Å². The van der Waals surface area contributed by atoms with Crippen LogP contribution in [0.5, 0.6) is 0 Å². The number of likely N-dealkylation sites (tertiary alicyclic amines) is 1. The third-order valence-corrected chi connectivity index (χ3v) is 4.78. The second-order valence-corrected chi connectivity index (χ2v) is 6.64. The standard InChI is InChI=1S/C19H16ClF3N2O2/c20-15-4-2-1-3-12(15)11-25-16(9-10-17(25)26)18(27)24-14-7-5-13(6-8-14)19(21,22)23/h1-8,16H,9-11H2,(H,24,27)/t16-/m1/s1. The zero-order valence-corrected chi connectivity index (χ0v) is 14.8. The monoisotopic (exact) mass is 396 g/mol. The molecule has 142 valence electrons. The highest BCUT2D eigenvalue weighted by Gasteiger charge is 2.36. The van der Waals surface area contributed by atoms with Gasteiger partial charge in [0.2, 0.25) is 11.8 Å². The second-order valence-electron chi connectivity index (χ2n) is 6.23. The quantitative estimate of drug-likeness (QED) is 0.827. The maximum atomic E-state index is 12.6. The normalized spacial score (nSPS) is 17.3. The fourth-order valence-corrected chi connectivity index (χ4v) is 3.18. The minimum atomic E-state index is -4.44. The zero-order chi connectivity index (χ0) is 19.6. The molecule has 1 aliphatic rings. The number of anilines is 1. The average Bonchev–Trinajstić information content (AvgIpc) is 2.97. The molecule has 1 atom stereocenters. The van der Waals surface area contributed by atoms with Crippen molar-refractivity contribution in [1.29, 1.82) is 0 Å². The Bertz CT molecular complexity index is 853. The Kier molecular flexibility index (Phi) is 5.41. The van der Waals surface area contributed by atoms with E-state index in [1.165, 1.54) is 17.0 Å². The van der Waals surface area contributed by atoms with E-state index in [0.717, 1.165) is 17.7 Å². The van der Waals surface area contributed by atoms with Gasteiger partial charge in [-0.15, -0.1) is 0 Å². The van der Waals surface area contributed by atoms with Crippen molar-refractivity contribution in [2.45, 2.75) is 31.6 Å². The highest BCUT2D eigenvalue weighted by Crippen LogP contribution is 2.30. The number of halogens is 4. The van der Waals surface area contributed by atoms with Crippen LogP contribution in [0.4, 0.5) is 18.9 Å². The molecule has 8 heteroatoms. The van der Waals surface area contributed by atoms with Crippen molar-refractivity contribution in [3.8, 4) is 0 Å². The molecule has 1 heterocycles. The number of hydrogen-bond acceptors (Lipinski definition) is 2. The summed E-state index contributed by atoms with van der Waals surface area (Å²) in [6.45, 7) is 0.198. The van der Waals surface area contributed by atoms with Crippen LogP contribution in [0.25, 0.3) is 0 Å². The van der Waals surface area contributed by atoms with Crippen LogP contribution in [0.2, 0.25) is 5.02 Å². The van der Waals surface area contributed by atoms with Crippen LogP contribution < -0.4 is 5.32 Å². The highest BCUT2D eigenvalue weighted by molar-refractivity contribution is 6.31. The van der Waals surface area contributed by atoms with E-state index in [9.17, 15) is 22.8 Å². The summed E-state index contributed by atoms with van der Waals surface area (Å²) in [4.78, 5) is 26.2. The smallest absolute Gasteiger partial charge is 0.326 e. The molecule has 2 aromatic rings. The molecule has 3 rings (SSSR count). The van der Waals surface area contributed by atoms with Gasteiger partial charge < -0.3 is 10.2 Å². The largest absolute Gasteiger partial charge is 0.416 e. The van der Waals surface area contributed by atoms with Crippen LogP contribution >= 0.6 is 11.6 Å². The minimum Gasteiger partial charge on any atom is -0.326 e. The maximum absolute atomic E-state index is 12.6. The van der Waals surface area contributed by atoms with Crippen molar-refractivity contribution in [3.63, 3.8) is 0 Å². The first kappa shape index (κ1) is 19.2. The third-order valence-electron chi connectivity index (χ3n) is 4.41. The molecule has 4 nitrogen and oxygen atoms in total. The molecule has 0 aliphatic carbocycles. The lowest BCUT2D eigenvalue weighted by Crippen LogP contribution is -2.41.